The molecule has 0 saturated carbocycles. The number of hydrogen-bond acceptors (Lipinski definition) is 6. The number of aromatic nitrogens is 4. The van der Waals surface area contributed by atoms with Crippen molar-refractivity contribution in [2.75, 3.05) is 0 Å². The van der Waals surface area contributed by atoms with Gasteiger partial charge in [0.25, 0.3) is 0 Å². The maximum atomic E-state index is 12.4. The summed E-state index contributed by atoms with van der Waals surface area (Å²) < 4.78 is 3.82. The van der Waals surface area contributed by atoms with E-state index in [0.717, 1.165) is 37.9 Å². The molecule has 1 atom stereocenters. The van der Waals surface area contributed by atoms with E-state index in [1.165, 1.54) is 11.3 Å². The number of H-pyrrole nitrogens is 1. The number of carbonyl (C=O) groups excluding carboxylic acids is 2. The molecule has 10 heteroatoms. The number of aldehydes is 1. The molecule has 0 aliphatic heterocycles. The van der Waals surface area contributed by atoms with Gasteiger partial charge in [-0.15, -0.1) is 51.4 Å². The van der Waals surface area contributed by atoms with E-state index in [4.69, 9.17) is 0 Å². The van der Waals surface area contributed by atoms with Crippen LogP contribution >= 0.6 is 51.4 Å². The number of halogens is 1. The van der Waals surface area contributed by atoms with E-state index in [1.54, 1.807) is 23.1 Å². The molecule has 0 aliphatic rings. The van der Waals surface area contributed by atoms with Gasteiger partial charge < -0.3 is 0 Å². The summed E-state index contributed by atoms with van der Waals surface area (Å²) in [5.41, 5.74) is 2.83. The number of nitrogens with zero attached hydrogens (tertiary/aromatic N) is 3. The fourth-order valence-electron chi connectivity index (χ4n) is 3.65. The van der Waals surface area contributed by atoms with Crippen LogP contribution in [0, 0.1) is 0 Å². The first-order chi connectivity index (χ1) is 17.2. The lowest BCUT2D eigenvalue weighted by Gasteiger charge is -2.04. The molecule has 0 bridgehead atoms. The third-order valence-electron chi connectivity index (χ3n) is 5.42. The zero-order valence-corrected chi connectivity index (χ0v) is 23.2. The second-order valence-corrected chi connectivity index (χ2v) is 10.8. The van der Waals surface area contributed by atoms with Crippen LogP contribution in [0.3, 0.4) is 0 Å². The van der Waals surface area contributed by atoms with E-state index in [2.05, 4.69) is 10.2 Å². The number of thiophene rings is 2. The third kappa shape index (κ3) is 6.25. The highest BCUT2D eigenvalue weighted by molar-refractivity contribution is 8.93. The molecule has 1 unspecified atom stereocenters. The van der Waals surface area contributed by atoms with E-state index >= 15 is 0 Å². The number of carbonyl (C=O) groups is 2. The molecule has 0 radical (unpaired) electrons. The number of Topliss-reactive ketones (excluding diaryl/α,β-unsaturated/α-hetero) is 1. The Hall–Kier alpha value is -2.92. The van der Waals surface area contributed by atoms with Crippen LogP contribution in [0.1, 0.15) is 26.3 Å². The van der Waals surface area contributed by atoms with Crippen LogP contribution in [0.2, 0.25) is 0 Å². The molecular formula is C26H23BrN4O2S3+2. The van der Waals surface area contributed by atoms with E-state index in [-0.39, 0.29) is 28.8 Å². The van der Waals surface area contributed by atoms with Gasteiger partial charge in [0, 0.05) is 28.8 Å². The molecule has 0 saturated heterocycles. The summed E-state index contributed by atoms with van der Waals surface area (Å²) in [5, 5.41) is 11.5. The Labute approximate surface area is 231 Å². The van der Waals surface area contributed by atoms with Gasteiger partial charge in [-0.1, -0.05) is 12.1 Å². The summed E-state index contributed by atoms with van der Waals surface area (Å²) in [5.74, 6) is 0.814. The van der Waals surface area contributed by atoms with Gasteiger partial charge in [0.1, 0.15) is 0 Å². The zero-order chi connectivity index (χ0) is 24.0. The highest BCUT2D eigenvalue weighted by Crippen LogP contribution is 2.24. The van der Waals surface area contributed by atoms with E-state index in [1.807, 2.05) is 99.3 Å². The third-order valence-corrected chi connectivity index (χ3v) is 8.32. The fourth-order valence-corrected chi connectivity index (χ4v) is 5.87. The summed E-state index contributed by atoms with van der Waals surface area (Å²) in [6, 6.07) is 17.4. The number of thioether (sulfide) groups is 1. The molecular weight excluding hydrogens is 576 g/mol. The standard InChI is InChI=1S/C26H22N4O2S3.BrH/c31-17-23(25-5-2-12-33-25)30-10-7-21(8-11-30)35-18-20-14-22(28-27-20)19-4-1-9-29(15-19)16-24(32)26-6-3-13-34-26;/h1-15,17,23H,16,18H2,(H,27,28);1H/q+2;. The Morgan fingerprint density at radius 3 is 2.58 bits per heavy atom. The van der Waals surface area contributed by atoms with Crippen LogP contribution < -0.4 is 9.13 Å². The highest BCUT2D eigenvalue weighted by Gasteiger charge is 2.21. The molecule has 182 valence electrons. The number of nitrogens with one attached hydrogen (secondary N) is 1. The average Bonchev–Trinajstić information content (AvgIpc) is 3.68. The predicted molar refractivity (Wildman–Crippen MR) is 148 cm³/mol. The van der Waals surface area contributed by atoms with Gasteiger partial charge in [0.2, 0.25) is 18.4 Å². The molecule has 0 amide bonds. The smallest absolute Gasteiger partial charge is 0.247 e. The molecule has 36 heavy (non-hydrogen) atoms. The van der Waals surface area contributed by atoms with E-state index < -0.39 is 0 Å². The van der Waals surface area contributed by atoms with Crippen LogP contribution in [-0.2, 0) is 17.1 Å². The number of pyridine rings is 2. The molecule has 1 N–H and O–H groups in total. The van der Waals surface area contributed by atoms with Crippen molar-refractivity contribution in [3.05, 3.63) is 106 Å². The zero-order valence-electron chi connectivity index (χ0n) is 19.0. The summed E-state index contributed by atoms with van der Waals surface area (Å²) in [7, 11) is 0. The highest BCUT2D eigenvalue weighted by atomic mass is 79.9. The monoisotopic (exact) mass is 598 g/mol. The molecule has 0 aliphatic carbocycles. The van der Waals surface area contributed by atoms with Crippen molar-refractivity contribution < 1.29 is 18.7 Å². The van der Waals surface area contributed by atoms with Gasteiger partial charge >= 0.3 is 0 Å². The van der Waals surface area contributed by atoms with Crippen LogP contribution in [0.4, 0.5) is 0 Å². The van der Waals surface area contributed by atoms with Crippen molar-refractivity contribution in [1.82, 2.24) is 10.2 Å². The van der Waals surface area contributed by atoms with E-state index in [9.17, 15) is 9.59 Å². The van der Waals surface area contributed by atoms with Gasteiger partial charge in [-0.05, 0) is 35.0 Å². The molecule has 0 aromatic carbocycles. The van der Waals surface area contributed by atoms with Crippen molar-refractivity contribution in [2.24, 2.45) is 0 Å². The average molecular weight is 600 g/mol. The van der Waals surface area contributed by atoms with Gasteiger partial charge in [-0.25, -0.2) is 0 Å². The van der Waals surface area contributed by atoms with Crippen LogP contribution in [0.15, 0.2) is 95.0 Å². The maximum absolute atomic E-state index is 12.4. The Morgan fingerprint density at radius 2 is 1.86 bits per heavy atom. The summed E-state index contributed by atoms with van der Waals surface area (Å²) in [4.78, 5) is 26.9. The first kappa shape index (κ1) is 26.2. The maximum Gasteiger partial charge on any atom is 0.247 e. The Bertz CT molecular complexity index is 1420. The lowest BCUT2D eigenvalue weighted by atomic mass is 10.2. The minimum absolute atomic E-state index is 0. The quantitative estimate of drug-likeness (QED) is 0.102. The SMILES string of the molecule is Br.O=CC(c1cccs1)[n+]1ccc(SCc2cc(-c3ccc[n+](CC(=O)c4cccs4)c3)[nH]n2)cc1. The predicted octanol–water partition coefficient (Wildman–Crippen LogP) is 5.32. The second-order valence-electron chi connectivity index (χ2n) is 7.80. The van der Waals surface area contributed by atoms with Gasteiger partial charge in [-0.3, -0.25) is 14.7 Å². The summed E-state index contributed by atoms with van der Waals surface area (Å²) in [6.45, 7) is 0.302. The topological polar surface area (TPSA) is 70.6 Å². The van der Waals surface area contributed by atoms with Crippen molar-refractivity contribution in [1.29, 1.82) is 0 Å². The summed E-state index contributed by atoms with van der Waals surface area (Å²) in [6.07, 6.45) is 8.71. The number of aromatic amines is 1. The minimum Gasteiger partial charge on any atom is -0.295 e. The fraction of sp³-hybridized carbons (Fsp3) is 0.115. The van der Waals surface area contributed by atoms with E-state index in [0.29, 0.717) is 12.3 Å². The molecule has 5 aromatic rings. The lowest BCUT2D eigenvalue weighted by molar-refractivity contribution is -0.698. The van der Waals surface area contributed by atoms with Gasteiger partial charge in [-0.2, -0.15) is 14.2 Å². The number of rotatable bonds is 10. The van der Waals surface area contributed by atoms with Crippen LogP contribution in [0.25, 0.3) is 11.3 Å². The molecule has 0 fully saturated rings. The van der Waals surface area contributed by atoms with Crippen molar-refractivity contribution in [3.63, 3.8) is 0 Å². The van der Waals surface area contributed by atoms with Crippen molar-refractivity contribution in [3.8, 4) is 11.3 Å². The first-order valence-electron chi connectivity index (χ1n) is 10.9. The largest absolute Gasteiger partial charge is 0.295 e. The van der Waals surface area contributed by atoms with Gasteiger partial charge in [0.05, 0.1) is 26.7 Å². The molecule has 5 rings (SSSR count). The molecule has 5 aromatic heterocycles. The Balaban J connectivity index is 0.00000304. The minimum atomic E-state index is -0.294. The van der Waals surface area contributed by atoms with Crippen LogP contribution in [-0.4, -0.2) is 22.3 Å². The molecule has 0 spiro atoms. The van der Waals surface area contributed by atoms with Crippen molar-refractivity contribution in [2.45, 2.75) is 23.2 Å². The second kappa shape index (κ2) is 12.4. The van der Waals surface area contributed by atoms with Crippen LogP contribution in [0.5, 0.6) is 0 Å². The summed E-state index contributed by atoms with van der Waals surface area (Å²) >= 11 is 4.73. The molecule has 5 heterocycles. The Kier molecular flexibility index (Phi) is 8.98. The molecule has 6 nitrogen and oxygen atoms in total. The number of ketones is 1. The first-order valence-corrected chi connectivity index (χ1v) is 13.7. The van der Waals surface area contributed by atoms with Gasteiger partial charge in [0.15, 0.2) is 31.1 Å². The Morgan fingerprint density at radius 1 is 1.06 bits per heavy atom. The van der Waals surface area contributed by atoms with Crippen molar-refractivity contribution >= 4 is 63.5 Å². The normalized spacial score (nSPS) is 11.6. The lowest BCUT2D eigenvalue weighted by Crippen LogP contribution is -2.39. The number of hydrogen-bond donors (Lipinski definition) is 1.